The van der Waals surface area contributed by atoms with E-state index in [1.165, 1.54) is 18.1 Å². The molecule has 1 atom stereocenters. The van der Waals surface area contributed by atoms with Crippen LogP contribution < -0.4 is 5.32 Å². The van der Waals surface area contributed by atoms with Gasteiger partial charge in [-0.1, -0.05) is 12.6 Å². The van der Waals surface area contributed by atoms with Gasteiger partial charge in [-0.2, -0.15) is 0 Å². The average molecular weight is 443 g/mol. The number of benzene rings is 1. The highest BCUT2D eigenvalue weighted by Gasteiger charge is 2.34. The molecule has 1 N–H and O–H groups in total. The van der Waals surface area contributed by atoms with E-state index in [0.717, 1.165) is 31.4 Å². The van der Waals surface area contributed by atoms with Crippen molar-refractivity contribution in [2.24, 2.45) is 0 Å². The van der Waals surface area contributed by atoms with E-state index in [0.29, 0.717) is 13.0 Å². The monoisotopic (exact) mass is 442 g/mol. The van der Waals surface area contributed by atoms with Gasteiger partial charge in [-0.25, -0.2) is 4.79 Å². The van der Waals surface area contributed by atoms with Gasteiger partial charge in [0.1, 0.15) is 19.3 Å². The summed E-state index contributed by atoms with van der Waals surface area (Å²) < 4.78 is 9.82. The molecule has 1 saturated heterocycles. The molecule has 1 fully saturated rings. The van der Waals surface area contributed by atoms with Crippen molar-refractivity contribution in [3.8, 4) is 0 Å². The van der Waals surface area contributed by atoms with Gasteiger partial charge < -0.3 is 19.7 Å². The van der Waals surface area contributed by atoms with Crippen molar-refractivity contribution in [3.63, 3.8) is 0 Å². The van der Waals surface area contributed by atoms with Crippen molar-refractivity contribution in [2.75, 3.05) is 25.1 Å². The molecule has 0 saturated carbocycles. The SMILES string of the molecule is C=C(C)C(=O)OCCOC(=O)CCC(=O)N1CCC[C@H]1C(=O)Nc1ccc2c(c1)CCC2. The van der Waals surface area contributed by atoms with Crippen molar-refractivity contribution in [3.05, 3.63) is 41.5 Å². The molecular weight excluding hydrogens is 412 g/mol. The van der Waals surface area contributed by atoms with Crippen LogP contribution in [0.4, 0.5) is 5.69 Å². The number of carbonyl (C=O) groups excluding carboxylic acids is 4. The number of anilines is 1. The average Bonchev–Trinajstić information content (AvgIpc) is 3.44. The number of nitrogens with one attached hydrogen (secondary N) is 1. The number of carbonyl (C=O) groups is 4. The molecule has 3 rings (SSSR count). The number of rotatable bonds is 9. The Kier molecular flexibility index (Phi) is 8.03. The maximum Gasteiger partial charge on any atom is 0.333 e. The zero-order valence-corrected chi connectivity index (χ0v) is 18.5. The van der Waals surface area contributed by atoms with Gasteiger partial charge in [0.15, 0.2) is 0 Å². The minimum absolute atomic E-state index is 0.0347. The van der Waals surface area contributed by atoms with Crippen LogP contribution in [-0.2, 0) is 41.5 Å². The second-order valence-electron chi connectivity index (χ2n) is 8.21. The fourth-order valence-electron chi connectivity index (χ4n) is 4.05. The summed E-state index contributed by atoms with van der Waals surface area (Å²) in [6.45, 7) is 5.33. The molecule has 2 aliphatic rings. The highest BCUT2D eigenvalue weighted by atomic mass is 16.6. The molecule has 1 heterocycles. The number of fused-ring (bicyclic) bond motifs is 1. The van der Waals surface area contributed by atoms with Gasteiger partial charge >= 0.3 is 11.9 Å². The first kappa shape index (κ1) is 23.5. The molecule has 8 nitrogen and oxygen atoms in total. The summed E-state index contributed by atoms with van der Waals surface area (Å²) in [5.74, 6) is -1.55. The third-order valence-corrected chi connectivity index (χ3v) is 5.71. The normalized spacial score (nSPS) is 16.9. The molecule has 1 aliphatic carbocycles. The van der Waals surface area contributed by atoms with Gasteiger partial charge in [0.25, 0.3) is 0 Å². The second kappa shape index (κ2) is 10.9. The molecule has 0 unspecified atom stereocenters. The molecule has 1 aliphatic heterocycles. The van der Waals surface area contributed by atoms with Crippen LogP contribution in [0.1, 0.15) is 50.2 Å². The number of nitrogens with zero attached hydrogens (tertiary/aromatic N) is 1. The Bertz CT molecular complexity index is 910. The van der Waals surface area contributed by atoms with Crippen molar-refractivity contribution < 1.29 is 28.7 Å². The number of amides is 2. The molecule has 0 spiro atoms. The Morgan fingerprint density at radius 2 is 1.81 bits per heavy atom. The predicted molar refractivity (Wildman–Crippen MR) is 118 cm³/mol. The van der Waals surface area contributed by atoms with Crippen molar-refractivity contribution in [1.29, 1.82) is 0 Å². The van der Waals surface area contributed by atoms with Crippen LogP contribution in [0.5, 0.6) is 0 Å². The number of hydrogen-bond acceptors (Lipinski definition) is 6. The van der Waals surface area contributed by atoms with Gasteiger partial charge in [0, 0.05) is 24.2 Å². The zero-order chi connectivity index (χ0) is 23.1. The van der Waals surface area contributed by atoms with E-state index in [-0.39, 0.29) is 43.4 Å². The summed E-state index contributed by atoms with van der Waals surface area (Å²) >= 11 is 0. The maximum absolute atomic E-state index is 12.8. The fourth-order valence-corrected chi connectivity index (χ4v) is 4.05. The van der Waals surface area contributed by atoms with E-state index in [9.17, 15) is 19.2 Å². The minimum atomic E-state index is -0.553. The number of aryl methyl sites for hydroxylation is 2. The van der Waals surface area contributed by atoms with Gasteiger partial charge in [0.2, 0.25) is 11.8 Å². The van der Waals surface area contributed by atoms with Crippen molar-refractivity contribution in [1.82, 2.24) is 4.90 Å². The molecule has 0 bridgehead atoms. The molecule has 0 aromatic heterocycles. The van der Waals surface area contributed by atoms with Crippen LogP contribution in [0.25, 0.3) is 0 Å². The van der Waals surface area contributed by atoms with Crippen LogP contribution in [0.15, 0.2) is 30.4 Å². The van der Waals surface area contributed by atoms with Crippen molar-refractivity contribution in [2.45, 2.75) is 57.9 Å². The van der Waals surface area contributed by atoms with E-state index in [1.54, 1.807) is 4.90 Å². The van der Waals surface area contributed by atoms with Gasteiger partial charge in [-0.15, -0.1) is 0 Å². The third kappa shape index (κ3) is 6.18. The molecule has 32 heavy (non-hydrogen) atoms. The van der Waals surface area contributed by atoms with E-state index >= 15 is 0 Å². The van der Waals surface area contributed by atoms with Gasteiger partial charge in [0.05, 0.1) is 6.42 Å². The van der Waals surface area contributed by atoms with E-state index < -0.39 is 18.0 Å². The summed E-state index contributed by atoms with van der Waals surface area (Å²) in [4.78, 5) is 50.1. The molecule has 1 aromatic rings. The largest absolute Gasteiger partial charge is 0.462 e. The minimum Gasteiger partial charge on any atom is -0.462 e. The lowest BCUT2D eigenvalue weighted by Crippen LogP contribution is -2.43. The summed E-state index contributed by atoms with van der Waals surface area (Å²) in [7, 11) is 0. The fraction of sp³-hybridized carbons (Fsp3) is 0.500. The molecule has 8 heteroatoms. The Morgan fingerprint density at radius 3 is 2.59 bits per heavy atom. The Labute approximate surface area is 187 Å². The van der Waals surface area contributed by atoms with Crippen molar-refractivity contribution >= 4 is 29.4 Å². The first-order valence-corrected chi connectivity index (χ1v) is 11.1. The number of hydrogen-bond donors (Lipinski definition) is 1. The summed E-state index contributed by atoms with van der Waals surface area (Å²) in [5.41, 5.74) is 3.63. The first-order chi connectivity index (χ1) is 15.3. The van der Waals surface area contributed by atoms with Crippen LogP contribution in [-0.4, -0.2) is 54.5 Å². The molecule has 2 amide bonds. The first-order valence-electron chi connectivity index (χ1n) is 11.1. The van der Waals surface area contributed by atoms with Gasteiger partial charge in [-0.05, 0) is 62.3 Å². The molecule has 0 radical (unpaired) electrons. The van der Waals surface area contributed by atoms with Crippen LogP contribution in [0.3, 0.4) is 0 Å². The highest BCUT2D eigenvalue weighted by Crippen LogP contribution is 2.26. The number of ether oxygens (including phenoxy) is 2. The van der Waals surface area contributed by atoms with E-state index in [1.807, 2.05) is 12.1 Å². The lowest BCUT2D eigenvalue weighted by atomic mass is 10.1. The lowest BCUT2D eigenvalue weighted by molar-refractivity contribution is -0.151. The quantitative estimate of drug-likeness (QED) is 0.358. The molecular formula is C24H30N2O6. The smallest absolute Gasteiger partial charge is 0.333 e. The second-order valence-corrected chi connectivity index (χ2v) is 8.21. The maximum atomic E-state index is 12.8. The Morgan fingerprint density at radius 1 is 1.06 bits per heavy atom. The van der Waals surface area contributed by atoms with Crippen LogP contribution >= 0.6 is 0 Å². The summed E-state index contributed by atoms with van der Waals surface area (Å²) in [6, 6.07) is 5.45. The summed E-state index contributed by atoms with van der Waals surface area (Å²) in [6.07, 6.45) is 4.46. The predicted octanol–water partition coefficient (Wildman–Crippen LogP) is 2.55. The number of esters is 2. The van der Waals surface area contributed by atoms with E-state index in [2.05, 4.69) is 18.0 Å². The Hall–Kier alpha value is -3.16. The van der Waals surface area contributed by atoms with Crippen LogP contribution in [0, 0.1) is 0 Å². The standard InChI is InChI=1S/C24H30N2O6/c1-16(2)24(30)32-14-13-31-22(28)11-10-21(27)26-12-4-7-20(26)23(29)25-19-9-8-17-5-3-6-18(17)15-19/h8-9,15,20H,1,3-7,10-14H2,2H3,(H,25,29)/t20-/m0/s1. The van der Waals surface area contributed by atoms with E-state index in [4.69, 9.17) is 9.47 Å². The Balaban J connectivity index is 1.42. The zero-order valence-electron chi connectivity index (χ0n) is 18.5. The van der Waals surface area contributed by atoms with Crippen LogP contribution in [0.2, 0.25) is 0 Å². The van der Waals surface area contributed by atoms with Gasteiger partial charge in [-0.3, -0.25) is 14.4 Å². The highest BCUT2D eigenvalue weighted by molar-refractivity contribution is 5.98. The topological polar surface area (TPSA) is 102 Å². The summed E-state index contributed by atoms with van der Waals surface area (Å²) in [5, 5.41) is 2.94. The lowest BCUT2D eigenvalue weighted by Gasteiger charge is -2.24. The third-order valence-electron chi connectivity index (χ3n) is 5.71. The molecule has 1 aromatic carbocycles. The molecule has 172 valence electrons. The number of likely N-dealkylation sites (tertiary alicyclic amines) is 1.